The van der Waals surface area contributed by atoms with Crippen LogP contribution in [0.3, 0.4) is 0 Å². The summed E-state index contributed by atoms with van der Waals surface area (Å²) in [4.78, 5) is 23.9. The third-order valence-corrected chi connectivity index (χ3v) is 5.91. The molecule has 166 valence electrons. The standard InChI is InChI=1S/C23H27Cl2N3O3/c1-5-16(14(3)7-10-21(29)30)13-26-23(31)22-19(27-28(4)20(22)6-2)12-15-8-9-17(24)18(25)11-15/h5,7-11,14,16H,1,6,12-13H2,2-4H3,(H,26,31)(H,29,30)/b10-7+. The summed E-state index contributed by atoms with van der Waals surface area (Å²) in [7, 11) is 1.82. The molecule has 1 amide bonds. The first-order chi connectivity index (χ1) is 14.7. The van der Waals surface area contributed by atoms with Gasteiger partial charge in [0.05, 0.1) is 27.0 Å². The van der Waals surface area contributed by atoms with E-state index in [0.717, 1.165) is 17.3 Å². The molecule has 0 saturated carbocycles. The van der Waals surface area contributed by atoms with Crippen LogP contribution < -0.4 is 5.32 Å². The van der Waals surface area contributed by atoms with Crippen LogP contribution in [0.1, 0.15) is 41.2 Å². The van der Waals surface area contributed by atoms with Gasteiger partial charge in [0.1, 0.15) is 0 Å². The number of rotatable bonds is 10. The maximum absolute atomic E-state index is 13.1. The van der Waals surface area contributed by atoms with Crippen LogP contribution >= 0.6 is 23.2 Å². The highest BCUT2D eigenvalue weighted by Gasteiger charge is 2.23. The molecule has 2 unspecified atom stereocenters. The number of benzene rings is 1. The van der Waals surface area contributed by atoms with Gasteiger partial charge in [-0.25, -0.2) is 4.79 Å². The summed E-state index contributed by atoms with van der Waals surface area (Å²) in [5.41, 5.74) is 2.94. The van der Waals surface area contributed by atoms with E-state index in [1.54, 1.807) is 29.0 Å². The quantitative estimate of drug-likeness (QED) is 0.395. The summed E-state index contributed by atoms with van der Waals surface area (Å²) in [5.74, 6) is -1.43. The third kappa shape index (κ3) is 6.45. The second kappa shape index (κ2) is 11.2. The van der Waals surface area contributed by atoms with Crippen molar-refractivity contribution in [1.29, 1.82) is 0 Å². The molecule has 1 aromatic heterocycles. The second-order valence-electron chi connectivity index (χ2n) is 7.34. The number of nitrogens with one attached hydrogen (secondary N) is 1. The molecule has 1 aromatic carbocycles. The van der Waals surface area contributed by atoms with Crippen molar-refractivity contribution in [1.82, 2.24) is 15.1 Å². The van der Waals surface area contributed by atoms with Gasteiger partial charge in [0, 0.05) is 26.1 Å². The maximum atomic E-state index is 13.1. The van der Waals surface area contributed by atoms with E-state index in [0.29, 0.717) is 40.7 Å². The maximum Gasteiger partial charge on any atom is 0.327 e. The number of hydrogen-bond acceptors (Lipinski definition) is 3. The number of aromatic nitrogens is 2. The molecular weight excluding hydrogens is 437 g/mol. The molecule has 8 heteroatoms. The molecule has 0 spiro atoms. The predicted molar refractivity (Wildman–Crippen MR) is 124 cm³/mol. The lowest BCUT2D eigenvalue weighted by Crippen LogP contribution is -2.32. The molecule has 0 aliphatic heterocycles. The first-order valence-corrected chi connectivity index (χ1v) is 10.7. The Labute approximate surface area is 192 Å². The molecule has 0 saturated heterocycles. The zero-order valence-electron chi connectivity index (χ0n) is 17.9. The number of amides is 1. The van der Waals surface area contributed by atoms with Gasteiger partial charge in [-0.1, -0.05) is 55.3 Å². The molecule has 1 heterocycles. The number of carboxylic acid groups (broad SMARTS) is 1. The first kappa shape index (κ1) is 24.7. The summed E-state index contributed by atoms with van der Waals surface area (Å²) in [6.45, 7) is 8.00. The molecule has 31 heavy (non-hydrogen) atoms. The highest BCUT2D eigenvalue weighted by molar-refractivity contribution is 6.42. The van der Waals surface area contributed by atoms with Crippen LogP contribution in [0.5, 0.6) is 0 Å². The average molecular weight is 464 g/mol. The number of carbonyl (C=O) groups excluding carboxylic acids is 1. The number of carboxylic acids is 1. The number of nitrogens with zero attached hydrogens (tertiary/aromatic N) is 2. The molecule has 0 radical (unpaired) electrons. The second-order valence-corrected chi connectivity index (χ2v) is 8.15. The van der Waals surface area contributed by atoms with Crippen LogP contribution in [0.2, 0.25) is 10.0 Å². The highest BCUT2D eigenvalue weighted by atomic mass is 35.5. The fourth-order valence-electron chi connectivity index (χ4n) is 3.41. The Morgan fingerprint density at radius 2 is 2.03 bits per heavy atom. The van der Waals surface area contributed by atoms with E-state index in [4.69, 9.17) is 28.3 Å². The Bertz CT molecular complexity index is 998. The SMILES string of the molecule is C=CC(CNC(=O)c1c(Cc2ccc(Cl)c(Cl)c2)nn(C)c1CC)C(C)/C=C/C(=O)O. The summed E-state index contributed by atoms with van der Waals surface area (Å²) in [6.07, 6.45) is 5.51. The molecule has 0 aliphatic rings. The molecule has 0 bridgehead atoms. The predicted octanol–water partition coefficient (Wildman–Crippen LogP) is 4.69. The fourth-order valence-corrected chi connectivity index (χ4v) is 3.73. The van der Waals surface area contributed by atoms with Crippen LogP contribution in [0, 0.1) is 11.8 Å². The fraction of sp³-hybridized carbons (Fsp3) is 0.348. The largest absolute Gasteiger partial charge is 0.478 e. The smallest absolute Gasteiger partial charge is 0.327 e. The zero-order valence-corrected chi connectivity index (χ0v) is 19.4. The van der Waals surface area contributed by atoms with Gasteiger partial charge in [-0.3, -0.25) is 9.48 Å². The molecule has 2 rings (SSSR count). The van der Waals surface area contributed by atoms with E-state index in [-0.39, 0.29) is 17.7 Å². The van der Waals surface area contributed by atoms with Gasteiger partial charge >= 0.3 is 5.97 Å². The number of aliphatic carboxylic acids is 1. The molecule has 2 aromatic rings. The van der Waals surface area contributed by atoms with Gasteiger partial charge in [-0.05, 0) is 36.0 Å². The van der Waals surface area contributed by atoms with E-state index in [1.807, 2.05) is 27.0 Å². The van der Waals surface area contributed by atoms with Gasteiger partial charge in [-0.15, -0.1) is 6.58 Å². The van der Waals surface area contributed by atoms with Crippen LogP contribution in [0.4, 0.5) is 0 Å². The van der Waals surface area contributed by atoms with Crippen molar-refractivity contribution in [3.8, 4) is 0 Å². The minimum Gasteiger partial charge on any atom is -0.478 e. The van der Waals surface area contributed by atoms with Gasteiger partial charge in [0.25, 0.3) is 5.91 Å². The normalized spacial score (nSPS) is 13.2. The van der Waals surface area contributed by atoms with E-state index >= 15 is 0 Å². The Hall–Kier alpha value is -2.57. The van der Waals surface area contributed by atoms with Crippen LogP contribution in [0.25, 0.3) is 0 Å². The molecule has 2 N–H and O–H groups in total. The summed E-state index contributed by atoms with van der Waals surface area (Å²) >= 11 is 12.1. The molecule has 0 aliphatic carbocycles. The summed E-state index contributed by atoms with van der Waals surface area (Å²) in [5, 5.41) is 17.3. The van der Waals surface area contributed by atoms with Crippen molar-refractivity contribution in [2.75, 3.05) is 6.54 Å². The molecule has 2 atom stereocenters. The van der Waals surface area contributed by atoms with E-state index in [2.05, 4.69) is 17.0 Å². The minimum atomic E-state index is -1.01. The summed E-state index contributed by atoms with van der Waals surface area (Å²) in [6, 6.07) is 5.36. The topological polar surface area (TPSA) is 84.2 Å². The number of hydrogen-bond donors (Lipinski definition) is 2. The number of aryl methyl sites for hydroxylation is 1. The van der Waals surface area contributed by atoms with Crippen molar-refractivity contribution in [2.45, 2.75) is 26.7 Å². The Morgan fingerprint density at radius 1 is 1.32 bits per heavy atom. The van der Waals surface area contributed by atoms with Crippen LogP contribution in [-0.4, -0.2) is 33.3 Å². The first-order valence-electron chi connectivity index (χ1n) is 9.98. The Kier molecular flexibility index (Phi) is 8.89. The van der Waals surface area contributed by atoms with Crippen molar-refractivity contribution >= 4 is 35.1 Å². The van der Waals surface area contributed by atoms with Gasteiger partial charge in [0.15, 0.2) is 0 Å². The molecule has 0 fully saturated rings. The van der Waals surface area contributed by atoms with Gasteiger partial charge in [0.2, 0.25) is 0 Å². The van der Waals surface area contributed by atoms with Crippen LogP contribution in [-0.2, 0) is 24.7 Å². The van der Waals surface area contributed by atoms with Gasteiger partial charge < -0.3 is 10.4 Å². The summed E-state index contributed by atoms with van der Waals surface area (Å²) < 4.78 is 1.73. The third-order valence-electron chi connectivity index (χ3n) is 5.17. The van der Waals surface area contributed by atoms with Crippen LogP contribution in [0.15, 0.2) is 43.0 Å². The van der Waals surface area contributed by atoms with Gasteiger partial charge in [-0.2, -0.15) is 5.10 Å². The minimum absolute atomic E-state index is 0.0934. The Morgan fingerprint density at radius 3 is 2.61 bits per heavy atom. The average Bonchev–Trinajstić information content (AvgIpc) is 3.04. The monoisotopic (exact) mass is 463 g/mol. The lowest BCUT2D eigenvalue weighted by Gasteiger charge is -2.18. The van der Waals surface area contributed by atoms with Crippen molar-refractivity contribution in [2.24, 2.45) is 18.9 Å². The number of halogens is 2. The molecular formula is C23H27Cl2N3O3. The Balaban J connectivity index is 2.23. The molecule has 6 nitrogen and oxygen atoms in total. The highest BCUT2D eigenvalue weighted by Crippen LogP contribution is 2.25. The lowest BCUT2D eigenvalue weighted by molar-refractivity contribution is -0.131. The van der Waals surface area contributed by atoms with Crippen molar-refractivity contribution in [3.05, 3.63) is 75.6 Å². The van der Waals surface area contributed by atoms with E-state index < -0.39 is 5.97 Å². The number of carbonyl (C=O) groups is 2. The van der Waals surface area contributed by atoms with E-state index in [9.17, 15) is 9.59 Å². The lowest BCUT2D eigenvalue weighted by atomic mass is 9.93. The van der Waals surface area contributed by atoms with E-state index in [1.165, 1.54) is 0 Å². The van der Waals surface area contributed by atoms with Crippen molar-refractivity contribution < 1.29 is 14.7 Å². The van der Waals surface area contributed by atoms with Crippen molar-refractivity contribution in [3.63, 3.8) is 0 Å². The zero-order chi connectivity index (χ0) is 23.1. The number of allylic oxidation sites excluding steroid dienone is 1.